The minimum absolute atomic E-state index is 0.108. The van der Waals surface area contributed by atoms with Crippen LogP contribution in [0.2, 0.25) is 0 Å². The monoisotopic (exact) mass is 424 g/mol. The summed E-state index contributed by atoms with van der Waals surface area (Å²) in [4.78, 5) is 27.8. The second kappa shape index (κ2) is 11.5. The van der Waals surface area contributed by atoms with Crippen LogP contribution >= 0.6 is 0 Å². The maximum atomic E-state index is 13.2. The number of ether oxygens (including phenoxy) is 1. The van der Waals surface area contributed by atoms with Crippen molar-refractivity contribution in [2.24, 2.45) is 5.92 Å². The molecule has 0 saturated heterocycles. The quantitative estimate of drug-likeness (QED) is 0.608. The summed E-state index contributed by atoms with van der Waals surface area (Å²) < 4.78 is 5.82. The SMILES string of the molecule is CCC(C(=O)NCC(C)C)N(Cc1ccc(C)cc1)C(=O)COc1cc(C)cc(C)c1. The third-order valence-electron chi connectivity index (χ3n) is 5.10. The zero-order valence-electron chi connectivity index (χ0n) is 19.7. The van der Waals surface area contributed by atoms with Crippen LogP contribution < -0.4 is 10.1 Å². The Morgan fingerprint density at radius 2 is 1.58 bits per heavy atom. The summed E-state index contributed by atoms with van der Waals surface area (Å²) >= 11 is 0. The van der Waals surface area contributed by atoms with Crippen molar-refractivity contribution >= 4 is 11.8 Å². The highest BCUT2D eigenvalue weighted by molar-refractivity contribution is 5.88. The van der Waals surface area contributed by atoms with Crippen molar-refractivity contribution in [1.82, 2.24) is 10.2 Å². The zero-order valence-corrected chi connectivity index (χ0v) is 19.7. The average molecular weight is 425 g/mol. The molecule has 1 atom stereocenters. The Morgan fingerprint density at radius 3 is 2.13 bits per heavy atom. The van der Waals surface area contributed by atoms with Gasteiger partial charge in [0.25, 0.3) is 5.91 Å². The van der Waals surface area contributed by atoms with E-state index in [4.69, 9.17) is 4.74 Å². The largest absolute Gasteiger partial charge is 0.484 e. The number of nitrogens with one attached hydrogen (secondary N) is 1. The molecule has 0 radical (unpaired) electrons. The van der Waals surface area contributed by atoms with E-state index in [0.717, 1.165) is 22.3 Å². The van der Waals surface area contributed by atoms with Gasteiger partial charge in [-0.2, -0.15) is 0 Å². The van der Waals surface area contributed by atoms with E-state index in [1.54, 1.807) is 4.90 Å². The Bertz CT molecular complexity index is 854. The van der Waals surface area contributed by atoms with Gasteiger partial charge in [0.15, 0.2) is 6.61 Å². The Balaban J connectivity index is 2.20. The van der Waals surface area contributed by atoms with Gasteiger partial charge in [0.05, 0.1) is 0 Å². The smallest absolute Gasteiger partial charge is 0.261 e. The van der Waals surface area contributed by atoms with Crippen molar-refractivity contribution in [2.75, 3.05) is 13.2 Å². The molecular formula is C26H36N2O3. The van der Waals surface area contributed by atoms with Gasteiger partial charge in [0, 0.05) is 13.1 Å². The van der Waals surface area contributed by atoms with Gasteiger partial charge in [-0.3, -0.25) is 9.59 Å². The highest BCUT2D eigenvalue weighted by atomic mass is 16.5. The number of benzene rings is 2. The second-order valence-electron chi connectivity index (χ2n) is 8.68. The first-order valence-electron chi connectivity index (χ1n) is 11.0. The third-order valence-corrected chi connectivity index (χ3v) is 5.10. The third kappa shape index (κ3) is 7.74. The van der Waals surface area contributed by atoms with Crippen LogP contribution in [0.1, 0.15) is 49.4 Å². The lowest BCUT2D eigenvalue weighted by atomic mass is 10.1. The minimum atomic E-state index is -0.546. The van der Waals surface area contributed by atoms with E-state index < -0.39 is 6.04 Å². The van der Waals surface area contributed by atoms with Gasteiger partial charge in [-0.1, -0.05) is 56.7 Å². The number of hydrogen-bond donors (Lipinski definition) is 1. The molecule has 2 aromatic rings. The lowest BCUT2D eigenvalue weighted by Gasteiger charge is -2.31. The molecular weight excluding hydrogens is 388 g/mol. The normalized spacial score (nSPS) is 11.8. The first kappa shape index (κ1) is 24.4. The van der Waals surface area contributed by atoms with Gasteiger partial charge in [0.1, 0.15) is 11.8 Å². The van der Waals surface area contributed by atoms with Gasteiger partial charge in [-0.25, -0.2) is 0 Å². The Hall–Kier alpha value is -2.82. The van der Waals surface area contributed by atoms with Crippen LogP contribution in [-0.2, 0) is 16.1 Å². The number of carbonyl (C=O) groups excluding carboxylic acids is 2. The summed E-state index contributed by atoms with van der Waals surface area (Å²) in [7, 11) is 0. The van der Waals surface area contributed by atoms with Crippen molar-refractivity contribution in [2.45, 2.75) is 60.5 Å². The molecule has 168 valence electrons. The summed E-state index contributed by atoms with van der Waals surface area (Å²) in [6, 6.07) is 13.4. The fraction of sp³-hybridized carbons (Fsp3) is 0.462. The van der Waals surface area contributed by atoms with Crippen molar-refractivity contribution in [1.29, 1.82) is 0 Å². The van der Waals surface area contributed by atoms with E-state index in [-0.39, 0.29) is 18.4 Å². The van der Waals surface area contributed by atoms with Crippen LogP contribution in [0, 0.1) is 26.7 Å². The van der Waals surface area contributed by atoms with Crippen molar-refractivity contribution in [3.8, 4) is 5.75 Å². The molecule has 0 spiro atoms. The van der Waals surface area contributed by atoms with Crippen molar-refractivity contribution in [3.05, 3.63) is 64.7 Å². The maximum absolute atomic E-state index is 13.2. The molecule has 0 aromatic heterocycles. The summed E-state index contributed by atoms with van der Waals surface area (Å²) in [5.41, 5.74) is 4.30. The minimum Gasteiger partial charge on any atom is -0.484 e. The Kier molecular flexibility index (Phi) is 9.10. The fourth-order valence-corrected chi connectivity index (χ4v) is 3.48. The van der Waals surface area contributed by atoms with E-state index in [1.165, 1.54) is 0 Å². The van der Waals surface area contributed by atoms with Crippen LogP contribution in [-0.4, -0.2) is 35.9 Å². The van der Waals surface area contributed by atoms with E-state index in [0.29, 0.717) is 31.2 Å². The Morgan fingerprint density at radius 1 is 0.968 bits per heavy atom. The van der Waals surface area contributed by atoms with E-state index in [2.05, 4.69) is 11.4 Å². The van der Waals surface area contributed by atoms with E-state index in [9.17, 15) is 9.59 Å². The van der Waals surface area contributed by atoms with Gasteiger partial charge in [-0.15, -0.1) is 0 Å². The molecule has 2 aromatic carbocycles. The molecule has 2 rings (SSSR count). The van der Waals surface area contributed by atoms with Crippen molar-refractivity contribution in [3.63, 3.8) is 0 Å². The Labute approximate surface area is 186 Å². The molecule has 0 saturated carbocycles. The number of nitrogens with zero attached hydrogens (tertiary/aromatic N) is 1. The topological polar surface area (TPSA) is 58.6 Å². The van der Waals surface area contributed by atoms with Crippen LogP contribution in [0.15, 0.2) is 42.5 Å². The maximum Gasteiger partial charge on any atom is 0.261 e. The molecule has 0 fully saturated rings. The van der Waals surface area contributed by atoms with E-state index in [1.807, 2.05) is 77.9 Å². The lowest BCUT2D eigenvalue weighted by molar-refractivity contribution is -0.143. The number of amides is 2. The molecule has 0 heterocycles. The highest BCUT2D eigenvalue weighted by Crippen LogP contribution is 2.18. The fourth-order valence-electron chi connectivity index (χ4n) is 3.48. The molecule has 2 amide bonds. The summed E-state index contributed by atoms with van der Waals surface area (Å²) in [6.45, 7) is 12.9. The zero-order chi connectivity index (χ0) is 23.0. The predicted octanol–water partition coefficient (Wildman–Crippen LogP) is 4.57. The summed E-state index contributed by atoms with van der Waals surface area (Å²) in [5.74, 6) is 0.684. The number of aryl methyl sites for hydroxylation is 3. The second-order valence-corrected chi connectivity index (χ2v) is 8.68. The molecule has 1 N–H and O–H groups in total. The number of hydrogen-bond acceptors (Lipinski definition) is 3. The van der Waals surface area contributed by atoms with Crippen LogP contribution in [0.25, 0.3) is 0 Å². The molecule has 1 unspecified atom stereocenters. The number of carbonyl (C=O) groups is 2. The van der Waals surface area contributed by atoms with Gasteiger partial charge >= 0.3 is 0 Å². The molecule has 0 bridgehead atoms. The summed E-state index contributed by atoms with van der Waals surface area (Å²) in [6.07, 6.45) is 0.533. The van der Waals surface area contributed by atoms with Gasteiger partial charge in [-0.05, 0) is 61.9 Å². The summed E-state index contributed by atoms with van der Waals surface area (Å²) in [5, 5.41) is 2.98. The standard InChI is InChI=1S/C26H36N2O3/c1-7-24(26(30)27-15-18(2)3)28(16-22-10-8-19(4)9-11-22)25(29)17-31-23-13-20(5)12-21(6)14-23/h8-14,18,24H,7,15-17H2,1-6H3,(H,27,30). The highest BCUT2D eigenvalue weighted by Gasteiger charge is 2.29. The molecule has 0 aliphatic rings. The number of rotatable bonds is 10. The van der Waals surface area contributed by atoms with Gasteiger partial charge < -0.3 is 15.0 Å². The van der Waals surface area contributed by atoms with Crippen LogP contribution in [0.3, 0.4) is 0 Å². The molecule has 5 nitrogen and oxygen atoms in total. The predicted molar refractivity (Wildman–Crippen MR) is 125 cm³/mol. The molecule has 0 aliphatic heterocycles. The molecule has 31 heavy (non-hydrogen) atoms. The van der Waals surface area contributed by atoms with Gasteiger partial charge in [0.2, 0.25) is 5.91 Å². The average Bonchev–Trinajstić information content (AvgIpc) is 2.71. The van der Waals surface area contributed by atoms with E-state index >= 15 is 0 Å². The first-order chi connectivity index (χ1) is 14.7. The lowest BCUT2D eigenvalue weighted by Crippen LogP contribution is -2.50. The van der Waals surface area contributed by atoms with Crippen LogP contribution in [0.4, 0.5) is 0 Å². The van der Waals surface area contributed by atoms with Crippen molar-refractivity contribution < 1.29 is 14.3 Å². The molecule has 0 aliphatic carbocycles. The van der Waals surface area contributed by atoms with Crippen LogP contribution in [0.5, 0.6) is 5.75 Å². The molecule has 5 heteroatoms. The first-order valence-corrected chi connectivity index (χ1v) is 11.0.